The highest BCUT2D eigenvalue weighted by Gasteiger charge is 2.40. The molecule has 0 aliphatic heterocycles. The molecule has 2 aliphatic carbocycles. The number of anilines is 1. The van der Waals surface area contributed by atoms with E-state index in [9.17, 15) is 4.79 Å². The second kappa shape index (κ2) is 12.3. The van der Waals surface area contributed by atoms with Gasteiger partial charge in [-0.3, -0.25) is 4.79 Å². The lowest BCUT2D eigenvalue weighted by atomic mass is 9.82. The van der Waals surface area contributed by atoms with E-state index in [0.29, 0.717) is 18.0 Å². The molecule has 188 valence electrons. The zero-order chi connectivity index (χ0) is 24.6. The number of carbonyl (C=O) groups is 1. The summed E-state index contributed by atoms with van der Waals surface area (Å²) in [7, 11) is 0. The van der Waals surface area contributed by atoms with Crippen LogP contribution in [0.25, 0.3) is 0 Å². The van der Waals surface area contributed by atoms with Crippen LogP contribution in [0.1, 0.15) is 87.3 Å². The van der Waals surface area contributed by atoms with E-state index < -0.39 is 0 Å². The number of benzene rings is 3. The minimum absolute atomic E-state index is 0.154. The van der Waals surface area contributed by atoms with Crippen LogP contribution in [0.4, 0.5) is 5.69 Å². The van der Waals surface area contributed by atoms with E-state index in [1.54, 1.807) is 0 Å². The molecule has 0 unspecified atom stereocenters. The maximum absolute atomic E-state index is 14.9. The van der Waals surface area contributed by atoms with Crippen molar-refractivity contribution in [3.63, 3.8) is 0 Å². The van der Waals surface area contributed by atoms with Crippen LogP contribution in [0.5, 0.6) is 0 Å². The van der Waals surface area contributed by atoms with Gasteiger partial charge in [0.1, 0.15) is 0 Å². The number of carbonyl (C=O) groups excluding carboxylic acids is 1. The van der Waals surface area contributed by atoms with Crippen LogP contribution >= 0.6 is 0 Å². The molecular formula is C33H40N2O. The summed E-state index contributed by atoms with van der Waals surface area (Å²) >= 11 is 0. The molecule has 0 aromatic heterocycles. The quantitative estimate of drug-likeness (QED) is 0.353. The Bertz CT molecular complexity index is 1040. The third-order valence-electron chi connectivity index (χ3n) is 8.20. The van der Waals surface area contributed by atoms with Crippen molar-refractivity contribution in [1.29, 1.82) is 0 Å². The highest BCUT2D eigenvalue weighted by Crippen LogP contribution is 2.39. The average molecular weight is 481 g/mol. The van der Waals surface area contributed by atoms with E-state index in [1.807, 2.05) is 12.1 Å². The third kappa shape index (κ3) is 5.83. The maximum Gasteiger partial charge on any atom is 0.233 e. The summed E-state index contributed by atoms with van der Waals surface area (Å²) < 4.78 is 0. The molecule has 0 heterocycles. The van der Waals surface area contributed by atoms with Crippen molar-refractivity contribution in [3.8, 4) is 0 Å². The second-order valence-electron chi connectivity index (χ2n) is 10.6. The van der Waals surface area contributed by atoms with Crippen LogP contribution in [0.3, 0.4) is 0 Å². The summed E-state index contributed by atoms with van der Waals surface area (Å²) in [6.45, 7) is 0. The molecule has 3 aromatic carbocycles. The van der Waals surface area contributed by atoms with Gasteiger partial charge in [0.2, 0.25) is 5.91 Å². The molecule has 3 aromatic rings. The Morgan fingerprint density at radius 2 is 1.06 bits per heavy atom. The van der Waals surface area contributed by atoms with E-state index in [2.05, 4.69) is 89.1 Å². The molecule has 1 amide bonds. The number of hydrogen-bond donors (Lipinski definition) is 1. The Morgan fingerprint density at radius 3 is 1.56 bits per heavy atom. The lowest BCUT2D eigenvalue weighted by molar-refractivity contribution is -0.140. The molecule has 0 saturated heterocycles. The second-order valence-corrected chi connectivity index (χ2v) is 10.6. The van der Waals surface area contributed by atoms with Gasteiger partial charge in [0.05, 0.1) is 12.0 Å². The zero-order valence-electron chi connectivity index (χ0n) is 21.4. The molecule has 3 heteroatoms. The molecule has 0 bridgehead atoms. The Labute approximate surface area is 216 Å². The highest BCUT2D eigenvalue weighted by molar-refractivity contribution is 5.86. The Balaban J connectivity index is 1.58. The molecule has 5 rings (SSSR count). The van der Waals surface area contributed by atoms with Crippen LogP contribution in [0, 0.1) is 0 Å². The van der Waals surface area contributed by atoms with E-state index in [0.717, 1.165) is 42.5 Å². The van der Waals surface area contributed by atoms with E-state index in [-0.39, 0.29) is 12.0 Å². The summed E-state index contributed by atoms with van der Waals surface area (Å²) in [5.74, 6) is 0.00921. The predicted octanol–water partition coefficient (Wildman–Crippen LogP) is 8.12. The smallest absolute Gasteiger partial charge is 0.233 e. The van der Waals surface area contributed by atoms with E-state index in [4.69, 9.17) is 0 Å². The van der Waals surface area contributed by atoms with Gasteiger partial charge in [-0.1, -0.05) is 117 Å². The van der Waals surface area contributed by atoms with Crippen LogP contribution in [0.15, 0.2) is 91.0 Å². The maximum atomic E-state index is 14.9. The molecule has 2 aliphatic rings. The Kier molecular flexibility index (Phi) is 8.38. The monoisotopic (exact) mass is 480 g/mol. The van der Waals surface area contributed by atoms with Crippen LogP contribution in [-0.4, -0.2) is 22.9 Å². The standard InChI is InChI=1S/C33H40N2O/c36-33(35(29-22-12-4-13-23-29)30-24-14-5-15-25-30)31(26-16-6-1-7-17-26)32(27-18-8-2-9-19-27)34-28-20-10-3-11-21-28/h1-3,6-11,16-21,29-32,34H,4-5,12-15,22-25H2/t31-,32-/m1/s1. The van der Waals surface area contributed by atoms with Gasteiger partial charge >= 0.3 is 0 Å². The van der Waals surface area contributed by atoms with Crippen molar-refractivity contribution in [2.75, 3.05) is 5.32 Å². The summed E-state index contributed by atoms with van der Waals surface area (Å²) in [6.07, 6.45) is 12.1. The molecular weight excluding hydrogens is 440 g/mol. The lowest BCUT2D eigenvalue weighted by Crippen LogP contribution is -2.51. The number of nitrogens with zero attached hydrogens (tertiary/aromatic N) is 1. The SMILES string of the molecule is O=C([C@H](c1ccccc1)[C@H](Nc1ccccc1)c1ccccc1)N(C1CCCCC1)C1CCCCC1. The number of para-hydroxylation sites is 1. The van der Waals surface area contributed by atoms with Crippen LogP contribution in [0.2, 0.25) is 0 Å². The first-order valence-electron chi connectivity index (χ1n) is 14.0. The fourth-order valence-corrected chi connectivity index (χ4v) is 6.41. The zero-order valence-corrected chi connectivity index (χ0v) is 21.4. The van der Waals surface area contributed by atoms with Crippen molar-refractivity contribution >= 4 is 11.6 Å². The van der Waals surface area contributed by atoms with E-state index >= 15 is 0 Å². The van der Waals surface area contributed by atoms with Gasteiger partial charge in [0.15, 0.2) is 0 Å². The van der Waals surface area contributed by atoms with E-state index in [1.165, 1.54) is 38.5 Å². The van der Waals surface area contributed by atoms with Crippen molar-refractivity contribution in [1.82, 2.24) is 4.90 Å². The minimum Gasteiger partial charge on any atom is -0.377 e. The van der Waals surface area contributed by atoms with Gasteiger partial charge in [-0.25, -0.2) is 0 Å². The molecule has 0 radical (unpaired) electrons. The predicted molar refractivity (Wildman–Crippen MR) is 149 cm³/mol. The van der Waals surface area contributed by atoms with Gasteiger partial charge in [-0.2, -0.15) is 0 Å². The normalized spacial score (nSPS) is 18.8. The van der Waals surface area contributed by atoms with Gasteiger partial charge in [-0.15, -0.1) is 0 Å². The van der Waals surface area contributed by atoms with Gasteiger partial charge in [0.25, 0.3) is 0 Å². The summed E-state index contributed by atoms with van der Waals surface area (Å²) in [5, 5.41) is 3.79. The number of nitrogens with one attached hydrogen (secondary N) is 1. The lowest BCUT2D eigenvalue weighted by Gasteiger charge is -2.44. The molecule has 36 heavy (non-hydrogen) atoms. The van der Waals surface area contributed by atoms with Crippen LogP contribution < -0.4 is 5.32 Å². The average Bonchev–Trinajstić information content (AvgIpc) is 2.96. The first kappa shape index (κ1) is 24.6. The van der Waals surface area contributed by atoms with Gasteiger partial charge in [-0.05, 0) is 48.9 Å². The highest BCUT2D eigenvalue weighted by atomic mass is 16.2. The topological polar surface area (TPSA) is 32.3 Å². The van der Waals surface area contributed by atoms with Crippen molar-refractivity contribution in [3.05, 3.63) is 102 Å². The Morgan fingerprint density at radius 1 is 0.611 bits per heavy atom. The molecule has 2 fully saturated rings. The summed E-state index contributed by atoms with van der Waals surface area (Å²) in [4.78, 5) is 17.3. The van der Waals surface area contributed by atoms with Crippen molar-refractivity contribution in [2.45, 2.75) is 88.3 Å². The van der Waals surface area contributed by atoms with Gasteiger partial charge < -0.3 is 10.2 Å². The van der Waals surface area contributed by atoms with Crippen molar-refractivity contribution < 1.29 is 4.79 Å². The Hall–Kier alpha value is -3.07. The third-order valence-corrected chi connectivity index (χ3v) is 8.20. The number of hydrogen-bond acceptors (Lipinski definition) is 2. The number of amides is 1. The summed E-state index contributed by atoms with van der Waals surface area (Å²) in [5.41, 5.74) is 3.29. The number of rotatable bonds is 8. The minimum atomic E-state index is -0.294. The van der Waals surface area contributed by atoms with Gasteiger partial charge in [0, 0.05) is 17.8 Å². The molecule has 2 atom stereocenters. The molecule has 1 N–H and O–H groups in total. The van der Waals surface area contributed by atoms with Crippen molar-refractivity contribution in [2.24, 2.45) is 0 Å². The first-order chi connectivity index (χ1) is 17.8. The largest absolute Gasteiger partial charge is 0.377 e. The molecule has 2 saturated carbocycles. The first-order valence-corrected chi connectivity index (χ1v) is 14.0. The summed E-state index contributed by atoms with van der Waals surface area (Å²) in [6, 6.07) is 32.0. The van der Waals surface area contributed by atoms with Crippen LogP contribution in [-0.2, 0) is 4.79 Å². The molecule has 0 spiro atoms. The fraction of sp³-hybridized carbons (Fsp3) is 0.424. The fourth-order valence-electron chi connectivity index (χ4n) is 6.41. The molecule has 3 nitrogen and oxygen atoms in total.